The van der Waals surface area contributed by atoms with Crippen molar-refractivity contribution in [3.05, 3.63) is 29.6 Å². The number of carbonyl (C=O) groups is 1. The zero-order chi connectivity index (χ0) is 15.6. The largest absolute Gasteiger partial charge is 0.478 e. The molecule has 0 bridgehead atoms. The molecule has 0 aliphatic carbocycles. The van der Waals surface area contributed by atoms with Crippen LogP contribution in [-0.2, 0) is 0 Å². The van der Waals surface area contributed by atoms with Crippen LogP contribution >= 0.6 is 11.8 Å². The van der Waals surface area contributed by atoms with Crippen molar-refractivity contribution in [2.45, 2.75) is 39.2 Å². The Kier molecular flexibility index (Phi) is 4.93. The van der Waals surface area contributed by atoms with Gasteiger partial charge >= 0.3 is 5.97 Å². The van der Waals surface area contributed by atoms with Crippen molar-refractivity contribution in [2.24, 2.45) is 0 Å². The molecule has 1 N–H and O–H groups in total. The van der Waals surface area contributed by atoms with Crippen molar-refractivity contribution >= 4 is 28.8 Å². The van der Waals surface area contributed by atoms with Crippen LogP contribution in [0, 0.1) is 0 Å². The summed E-state index contributed by atoms with van der Waals surface area (Å²) in [6.07, 6.45) is 3.15. The monoisotopic (exact) mass is 306 g/mol. The maximum Gasteiger partial charge on any atom is 0.337 e. The van der Waals surface area contributed by atoms with E-state index in [1.54, 1.807) is 12.1 Å². The van der Waals surface area contributed by atoms with Crippen LogP contribution in [0.3, 0.4) is 0 Å². The first-order valence-electron chi connectivity index (χ1n) is 7.20. The third-order valence-electron chi connectivity index (χ3n) is 3.67. The number of carboxylic acid groups (broad SMARTS) is 1. The Bertz CT molecular complexity index is 649. The average Bonchev–Trinajstić information content (AvgIpc) is 2.83. The summed E-state index contributed by atoms with van der Waals surface area (Å²) in [5.41, 5.74) is 1.81. The molecule has 0 aliphatic heterocycles. The van der Waals surface area contributed by atoms with Crippen molar-refractivity contribution in [3.63, 3.8) is 0 Å². The van der Waals surface area contributed by atoms with Crippen LogP contribution in [0.15, 0.2) is 18.2 Å². The minimum atomic E-state index is -0.919. The van der Waals surface area contributed by atoms with Gasteiger partial charge in [-0.3, -0.25) is 0 Å². The van der Waals surface area contributed by atoms with E-state index in [1.165, 1.54) is 0 Å². The van der Waals surface area contributed by atoms with Crippen molar-refractivity contribution in [2.75, 3.05) is 12.0 Å². The molecule has 1 unspecified atom stereocenters. The summed E-state index contributed by atoms with van der Waals surface area (Å²) in [6, 6.07) is 5.70. The summed E-state index contributed by atoms with van der Waals surface area (Å²) < 4.78 is 2.21. The van der Waals surface area contributed by atoms with Crippen LogP contribution in [0.4, 0.5) is 0 Å². The molecular weight excluding hydrogens is 284 g/mol. The zero-order valence-electron chi connectivity index (χ0n) is 13.0. The number of aromatic nitrogens is 2. The average molecular weight is 306 g/mol. The quantitative estimate of drug-likeness (QED) is 0.870. The van der Waals surface area contributed by atoms with E-state index in [0.717, 1.165) is 23.5 Å². The van der Waals surface area contributed by atoms with Gasteiger partial charge in [-0.15, -0.1) is 0 Å². The fourth-order valence-electron chi connectivity index (χ4n) is 2.60. The molecule has 1 aromatic carbocycles. The van der Waals surface area contributed by atoms with Gasteiger partial charge in [0, 0.05) is 12.0 Å². The van der Waals surface area contributed by atoms with Gasteiger partial charge in [-0.2, -0.15) is 11.8 Å². The molecule has 0 radical (unpaired) electrons. The topological polar surface area (TPSA) is 55.1 Å². The molecule has 114 valence electrons. The van der Waals surface area contributed by atoms with E-state index in [9.17, 15) is 9.90 Å². The summed E-state index contributed by atoms with van der Waals surface area (Å²) in [5.74, 6) is 1.39. The Morgan fingerprint density at radius 3 is 2.67 bits per heavy atom. The van der Waals surface area contributed by atoms with Crippen LogP contribution in [0.1, 0.15) is 55.3 Å². The van der Waals surface area contributed by atoms with E-state index in [2.05, 4.69) is 36.6 Å². The molecule has 0 amide bonds. The van der Waals surface area contributed by atoms with Crippen LogP contribution in [0.2, 0.25) is 0 Å². The van der Waals surface area contributed by atoms with Crippen LogP contribution in [0.5, 0.6) is 0 Å². The number of fused-ring (bicyclic) bond motifs is 1. The van der Waals surface area contributed by atoms with Gasteiger partial charge in [-0.25, -0.2) is 9.78 Å². The highest BCUT2D eigenvalue weighted by molar-refractivity contribution is 7.98. The normalized spacial score (nSPS) is 13.0. The number of imidazole rings is 1. The minimum absolute atomic E-state index is 0.260. The van der Waals surface area contributed by atoms with Crippen LogP contribution < -0.4 is 0 Å². The predicted molar refractivity (Wildman–Crippen MR) is 88.5 cm³/mol. The van der Waals surface area contributed by atoms with Crippen LogP contribution in [0.25, 0.3) is 11.0 Å². The molecule has 0 fully saturated rings. The number of carboxylic acids is 1. The zero-order valence-corrected chi connectivity index (χ0v) is 13.8. The van der Waals surface area contributed by atoms with Crippen molar-refractivity contribution in [1.82, 2.24) is 9.55 Å². The Balaban J connectivity index is 2.63. The molecule has 5 heteroatoms. The van der Waals surface area contributed by atoms with Crippen molar-refractivity contribution in [1.29, 1.82) is 0 Å². The molecule has 2 aromatic rings. The van der Waals surface area contributed by atoms with E-state index in [-0.39, 0.29) is 11.5 Å². The molecule has 0 saturated heterocycles. The second-order valence-electron chi connectivity index (χ2n) is 5.60. The summed E-state index contributed by atoms with van der Waals surface area (Å²) in [5, 5.41) is 9.35. The highest BCUT2D eigenvalue weighted by atomic mass is 32.2. The van der Waals surface area contributed by atoms with Gasteiger partial charge < -0.3 is 9.67 Å². The molecule has 0 aliphatic rings. The van der Waals surface area contributed by atoms with E-state index < -0.39 is 5.97 Å². The molecule has 1 heterocycles. The van der Waals surface area contributed by atoms with Gasteiger partial charge in [-0.05, 0) is 37.5 Å². The van der Waals surface area contributed by atoms with Crippen molar-refractivity contribution < 1.29 is 9.90 Å². The van der Waals surface area contributed by atoms with E-state index in [1.807, 2.05) is 17.8 Å². The Morgan fingerprint density at radius 1 is 1.38 bits per heavy atom. The number of hydrogen-bond donors (Lipinski definition) is 1. The minimum Gasteiger partial charge on any atom is -0.478 e. The SMILES string of the molecule is CSCCC(C)n1c(C(C)C)nc2c(C(=O)O)cccc21. The lowest BCUT2D eigenvalue weighted by Gasteiger charge is -2.19. The molecule has 1 atom stereocenters. The molecule has 2 rings (SSSR count). The van der Waals surface area contributed by atoms with Crippen molar-refractivity contribution in [3.8, 4) is 0 Å². The van der Waals surface area contributed by atoms with Gasteiger partial charge in [0.2, 0.25) is 0 Å². The Hall–Kier alpha value is -1.49. The number of thioether (sulfide) groups is 1. The number of hydrogen-bond acceptors (Lipinski definition) is 3. The summed E-state index contributed by atoms with van der Waals surface area (Å²) in [7, 11) is 0. The molecule has 21 heavy (non-hydrogen) atoms. The first-order valence-corrected chi connectivity index (χ1v) is 8.59. The number of aromatic carboxylic acids is 1. The Morgan fingerprint density at radius 2 is 2.10 bits per heavy atom. The molecule has 0 saturated carbocycles. The Labute approximate surface area is 129 Å². The summed E-state index contributed by atoms with van der Waals surface area (Å²) in [6.45, 7) is 6.37. The van der Waals surface area contributed by atoms with E-state index >= 15 is 0 Å². The standard InChI is InChI=1S/C16H22N2O2S/c1-10(2)15-17-14-12(16(19)20)6-5-7-13(14)18(15)11(3)8-9-21-4/h5-7,10-11H,8-9H2,1-4H3,(H,19,20). The molecular formula is C16H22N2O2S. The second kappa shape index (κ2) is 6.52. The van der Waals surface area contributed by atoms with Gasteiger partial charge in [-0.1, -0.05) is 19.9 Å². The lowest BCUT2D eigenvalue weighted by Crippen LogP contribution is -2.11. The molecule has 1 aromatic heterocycles. The first-order chi connectivity index (χ1) is 9.97. The highest BCUT2D eigenvalue weighted by Crippen LogP contribution is 2.29. The maximum atomic E-state index is 11.4. The molecule has 4 nitrogen and oxygen atoms in total. The lowest BCUT2D eigenvalue weighted by molar-refractivity contribution is 0.0699. The smallest absolute Gasteiger partial charge is 0.337 e. The van der Waals surface area contributed by atoms with Gasteiger partial charge in [0.25, 0.3) is 0 Å². The number of rotatable bonds is 6. The summed E-state index contributed by atoms with van der Waals surface area (Å²) >= 11 is 1.83. The third kappa shape index (κ3) is 3.07. The molecule has 0 spiro atoms. The first kappa shape index (κ1) is 15.9. The third-order valence-corrected chi connectivity index (χ3v) is 4.32. The van der Waals surface area contributed by atoms with Gasteiger partial charge in [0.1, 0.15) is 11.3 Å². The number of para-hydroxylation sites is 1. The van der Waals surface area contributed by atoms with Gasteiger partial charge in [0.15, 0.2) is 0 Å². The number of benzene rings is 1. The second-order valence-corrected chi connectivity index (χ2v) is 6.59. The number of nitrogens with zero attached hydrogens (tertiary/aromatic N) is 2. The maximum absolute atomic E-state index is 11.4. The van der Waals surface area contributed by atoms with Crippen LogP contribution in [-0.4, -0.2) is 32.6 Å². The lowest BCUT2D eigenvalue weighted by atomic mass is 10.1. The summed E-state index contributed by atoms with van der Waals surface area (Å²) in [4.78, 5) is 16.0. The predicted octanol–water partition coefficient (Wildman–Crippen LogP) is 4.17. The fourth-order valence-corrected chi connectivity index (χ4v) is 3.17. The van der Waals surface area contributed by atoms with E-state index in [4.69, 9.17) is 0 Å². The van der Waals surface area contributed by atoms with E-state index in [0.29, 0.717) is 11.6 Å². The highest BCUT2D eigenvalue weighted by Gasteiger charge is 2.21. The van der Waals surface area contributed by atoms with Gasteiger partial charge in [0.05, 0.1) is 11.1 Å². The fraction of sp³-hybridized carbons (Fsp3) is 0.500.